The van der Waals surface area contributed by atoms with Gasteiger partial charge in [-0.25, -0.2) is 0 Å². The Morgan fingerprint density at radius 1 is 1.61 bits per heavy atom. The van der Waals surface area contributed by atoms with Crippen LogP contribution in [0.4, 0.5) is 0 Å². The summed E-state index contributed by atoms with van der Waals surface area (Å²) < 4.78 is 0. The number of piperazine rings is 1. The third-order valence-electron chi connectivity index (χ3n) is 4.50. The Hall–Kier alpha value is -1.91. The smallest absolute Gasteiger partial charge is 0.242 e. The second-order valence-corrected chi connectivity index (χ2v) is 7.30. The molecule has 23 heavy (non-hydrogen) atoms. The average Bonchev–Trinajstić information content (AvgIpc) is 3.25. The number of carbonyl (C=O) groups excluding carboxylic acids is 2. The number of nitrogens with zero attached hydrogens (tertiary/aromatic N) is 2. The van der Waals surface area contributed by atoms with Crippen LogP contribution in [0, 0.1) is 17.2 Å². The summed E-state index contributed by atoms with van der Waals surface area (Å²) >= 11 is 1.51. The van der Waals surface area contributed by atoms with E-state index in [4.69, 9.17) is 0 Å². The monoisotopic (exact) mass is 332 g/mol. The maximum Gasteiger partial charge on any atom is 0.242 e. The fourth-order valence-electron chi connectivity index (χ4n) is 3.04. The van der Waals surface area contributed by atoms with E-state index >= 15 is 0 Å². The van der Waals surface area contributed by atoms with Gasteiger partial charge in [0.15, 0.2) is 0 Å². The predicted molar refractivity (Wildman–Crippen MR) is 86.5 cm³/mol. The molecule has 2 atom stereocenters. The van der Waals surface area contributed by atoms with Crippen LogP contribution < -0.4 is 10.6 Å². The highest BCUT2D eigenvalue weighted by atomic mass is 32.1. The minimum atomic E-state index is -0.798. The van der Waals surface area contributed by atoms with Gasteiger partial charge in [0.2, 0.25) is 11.8 Å². The van der Waals surface area contributed by atoms with Crippen molar-refractivity contribution >= 4 is 23.2 Å². The largest absolute Gasteiger partial charge is 0.353 e. The van der Waals surface area contributed by atoms with Gasteiger partial charge >= 0.3 is 0 Å². The van der Waals surface area contributed by atoms with Gasteiger partial charge in [0, 0.05) is 18.0 Å². The number of hydrogen-bond acceptors (Lipinski definition) is 5. The van der Waals surface area contributed by atoms with Gasteiger partial charge < -0.3 is 10.6 Å². The van der Waals surface area contributed by atoms with Gasteiger partial charge in [-0.1, -0.05) is 6.07 Å². The lowest BCUT2D eigenvalue weighted by Crippen LogP contribution is -2.55. The molecule has 3 rings (SSSR count). The van der Waals surface area contributed by atoms with Gasteiger partial charge in [0.1, 0.15) is 11.6 Å². The summed E-state index contributed by atoms with van der Waals surface area (Å²) in [5.41, 5.74) is -0.798. The van der Waals surface area contributed by atoms with E-state index in [-0.39, 0.29) is 24.3 Å². The lowest BCUT2D eigenvalue weighted by Gasteiger charge is -2.34. The van der Waals surface area contributed by atoms with Crippen molar-refractivity contribution in [1.29, 1.82) is 5.26 Å². The average molecular weight is 332 g/mol. The number of thiophene rings is 1. The molecule has 0 aromatic carbocycles. The molecule has 2 amide bonds. The number of rotatable bonds is 5. The summed E-state index contributed by atoms with van der Waals surface area (Å²) in [6.45, 7) is 3.06. The van der Waals surface area contributed by atoms with Gasteiger partial charge in [-0.2, -0.15) is 5.26 Å². The molecule has 6 nitrogen and oxygen atoms in total. The zero-order valence-electron chi connectivity index (χ0n) is 13.0. The van der Waals surface area contributed by atoms with Crippen LogP contribution in [0.5, 0.6) is 0 Å². The van der Waals surface area contributed by atoms with Crippen molar-refractivity contribution in [3.05, 3.63) is 22.4 Å². The summed E-state index contributed by atoms with van der Waals surface area (Å²) in [6.07, 6.45) is 1.96. The molecule has 1 saturated heterocycles. The predicted octanol–water partition coefficient (Wildman–Crippen LogP) is 1.03. The van der Waals surface area contributed by atoms with Crippen molar-refractivity contribution in [2.45, 2.75) is 31.3 Å². The first-order valence-corrected chi connectivity index (χ1v) is 8.69. The fourth-order valence-corrected chi connectivity index (χ4v) is 3.89. The summed E-state index contributed by atoms with van der Waals surface area (Å²) in [5.74, 6) is -0.0249. The standard InChI is InChI=1S/C16H20N4O2S/c1-16(10-17,11-4-5-11)19-13(21)9-20-7-6-18-15(22)14(20)12-3-2-8-23-12/h2-3,8,11,14H,4-7,9H2,1H3,(H,18,22)(H,19,21)/t14-,16+/m1/s1. The van der Waals surface area contributed by atoms with Crippen LogP contribution in [-0.2, 0) is 9.59 Å². The first-order valence-electron chi connectivity index (χ1n) is 7.81. The number of amides is 2. The Morgan fingerprint density at radius 2 is 2.39 bits per heavy atom. The third kappa shape index (κ3) is 3.38. The molecule has 2 heterocycles. The zero-order valence-corrected chi connectivity index (χ0v) is 13.9. The van der Waals surface area contributed by atoms with Crippen molar-refractivity contribution in [1.82, 2.24) is 15.5 Å². The first kappa shape index (κ1) is 16.0. The van der Waals surface area contributed by atoms with Crippen LogP contribution in [0.25, 0.3) is 0 Å². The Balaban J connectivity index is 1.69. The molecule has 2 N–H and O–H groups in total. The topological polar surface area (TPSA) is 85.2 Å². The normalized spacial score (nSPS) is 24.3. The summed E-state index contributed by atoms with van der Waals surface area (Å²) in [7, 11) is 0. The Bertz CT molecular complexity index is 635. The van der Waals surface area contributed by atoms with Crippen LogP contribution in [0.2, 0.25) is 0 Å². The molecule has 7 heteroatoms. The van der Waals surface area contributed by atoms with E-state index in [9.17, 15) is 14.9 Å². The Morgan fingerprint density at radius 3 is 3.00 bits per heavy atom. The SMILES string of the molecule is C[C@@](C#N)(NC(=O)CN1CCNC(=O)[C@H]1c1cccs1)C1CC1. The molecule has 122 valence electrons. The molecule has 2 aliphatic rings. The van der Waals surface area contributed by atoms with Crippen LogP contribution in [0.15, 0.2) is 17.5 Å². The molecule has 0 bridgehead atoms. The molecule has 0 spiro atoms. The van der Waals surface area contributed by atoms with Crippen LogP contribution in [0.3, 0.4) is 0 Å². The van der Waals surface area contributed by atoms with E-state index in [1.54, 1.807) is 6.92 Å². The molecule has 2 fully saturated rings. The van der Waals surface area contributed by atoms with Gasteiger partial charge in [-0.3, -0.25) is 14.5 Å². The molecule has 1 aliphatic carbocycles. The van der Waals surface area contributed by atoms with E-state index < -0.39 is 11.6 Å². The number of nitrogens with one attached hydrogen (secondary N) is 2. The summed E-state index contributed by atoms with van der Waals surface area (Å²) in [6, 6.07) is 5.62. The molecule has 0 unspecified atom stereocenters. The summed E-state index contributed by atoms with van der Waals surface area (Å²) in [4.78, 5) is 27.4. The van der Waals surface area contributed by atoms with Gasteiger partial charge in [0.05, 0.1) is 12.6 Å². The van der Waals surface area contributed by atoms with Gasteiger partial charge in [-0.05, 0) is 37.1 Å². The molecule has 1 aromatic heterocycles. The molecule has 1 aliphatic heterocycles. The molecule has 1 saturated carbocycles. The molecule has 1 aromatic rings. The number of carbonyl (C=O) groups is 2. The van der Waals surface area contributed by atoms with Gasteiger partial charge in [0.25, 0.3) is 0 Å². The first-order chi connectivity index (χ1) is 11.0. The van der Waals surface area contributed by atoms with Crippen molar-refractivity contribution in [3.63, 3.8) is 0 Å². The molecule has 0 radical (unpaired) electrons. The summed E-state index contributed by atoms with van der Waals surface area (Å²) in [5, 5.41) is 17.0. The minimum Gasteiger partial charge on any atom is -0.353 e. The second kappa shape index (κ2) is 6.30. The highest BCUT2D eigenvalue weighted by Crippen LogP contribution is 2.39. The van der Waals surface area contributed by atoms with E-state index in [2.05, 4.69) is 16.7 Å². The fraction of sp³-hybridized carbons (Fsp3) is 0.562. The molecular weight excluding hydrogens is 312 g/mol. The minimum absolute atomic E-state index is 0.0725. The lowest BCUT2D eigenvalue weighted by atomic mass is 9.98. The van der Waals surface area contributed by atoms with Crippen LogP contribution in [-0.4, -0.2) is 41.9 Å². The van der Waals surface area contributed by atoms with Crippen molar-refractivity contribution in [2.24, 2.45) is 5.92 Å². The van der Waals surface area contributed by atoms with Crippen molar-refractivity contribution in [3.8, 4) is 6.07 Å². The number of hydrogen-bond donors (Lipinski definition) is 2. The van der Waals surface area contributed by atoms with E-state index in [1.165, 1.54) is 11.3 Å². The Labute approximate surface area is 139 Å². The number of nitriles is 1. The maximum absolute atomic E-state index is 12.4. The van der Waals surface area contributed by atoms with Gasteiger partial charge in [-0.15, -0.1) is 11.3 Å². The zero-order chi connectivity index (χ0) is 16.4. The molecular formula is C16H20N4O2S. The maximum atomic E-state index is 12.4. The quantitative estimate of drug-likeness (QED) is 0.843. The lowest BCUT2D eigenvalue weighted by molar-refractivity contribution is -0.132. The third-order valence-corrected chi connectivity index (χ3v) is 5.42. The van der Waals surface area contributed by atoms with E-state index in [0.717, 1.165) is 17.7 Å². The Kier molecular flexibility index (Phi) is 4.37. The van der Waals surface area contributed by atoms with Crippen molar-refractivity contribution in [2.75, 3.05) is 19.6 Å². The van der Waals surface area contributed by atoms with E-state index in [0.29, 0.717) is 13.1 Å². The van der Waals surface area contributed by atoms with Crippen molar-refractivity contribution < 1.29 is 9.59 Å². The highest BCUT2D eigenvalue weighted by Gasteiger charge is 2.43. The second-order valence-electron chi connectivity index (χ2n) is 6.32. The van der Waals surface area contributed by atoms with Crippen LogP contribution in [0.1, 0.15) is 30.7 Å². The van der Waals surface area contributed by atoms with Crippen LogP contribution >= 0.6 is 11.3 Å². The van der Waals surface area contributed by atoms with E-state index in [1.807, 2.05) is 22.4 Å². The highest BCUT2D eigenvalue weighted by molar-refractivity contribution is 7.10.